The Morgan fingerprint density at radius 1 is 1.10 bits per heavy atom. The van der Waals surface area contributed by atoms with E-state index >= 15 is 0 Å². The second-order valence-corrected chi connectivity index (χ2v) is 6.14. The smallest absolute Gasteiger partial charge is 0.263 e. The summed E-state index contributed by atoms with van der Waals surface area (Å²) in [4.78, 5) is 2.99. The average Bonchev–Trinajstić information content (AvgIpc) is 2.94. The van der Waals surface area contributed by atoms with Gasteiger partial charge in [0, 0.05) is 11.7 Å². The first-order valence-corrected chi connectivity index (χ1v) is 7.67. The Labute approximate surface area is 121 Å². The second-order valence-electron chi connectivity index (χ2n) is 4.49. The van der Waals surface area contributed by atoms with E-state index in [1.807, 2.05) is 18.2 Å². The molecule has 0 spiro atoms. The number of H-pyrrole nitrogens is 1. The zero-order valence-electron chi connectivity index (χ0n) is 10.9. The van der Waals surface area contributed by atoms with Crippen LogP contribution in [-0.2, 0) is 10.0 Å². The maximum absolute atomic E-state index is 12.4. The molecule has 0 unspecified atom stereocenters. The Balaban J connectivity index is 2.01. The van der Waals surface area contributed by atoms with E-state index in [2.05, 4.69) is 9.71 Å². The monoisotopic (exact) mass is 297 g/mol. The van der Waals surface area contributed by atoms with E-state index in [9.17, 15) is 8.42 Å². The van der Waals surface area contributed by atoms with E-state index in [-0.39, 0.29) is 10.5 Å². The fourth-order valence-corrected chi connectivity index (χ4v) is 3.32. The highest BCUT2D eigenvalue weighted by molar-refractivity contribution is 7.92. The number of nitrogens with zero attached hydrogens (tertiary/aromatic N) is 1. The van der Waals surface area contributed by atoms with Crippen LogP contribution in [0.5, 0.6) is 0 Å². The van der Waals surface area contributed by atoms with Crippen LogP contribution in [-0.4, -0.2) is 13.4 Å². The third-order valence-electron chi connectivity index (χ3n) is 3.10. The molecule has 0 amide bonds. The Morgan fingerprint density at radius 2 is 1.90 bits per heavy atom. The molecule has 3 aromatic rings. The van der Waals surface area contributed by atoms with Crippen molar-refractivity contribution in [2.75, 3.05) is 4.72 Å². The number of aromatic amines is 1. The molecule has 0 aliphatic carbocycles. The van der Waals surface area contributed by atoms with Crippen molar-refractivity contribution < 1.29 is 8.42 Å². The van der Waals surface area contributed by atoms with E-state index in [1.54, 1.807) is 30.5 Å². The molecule has 2 aromatic carbocycles. The van der Waals surface area contributed by atoms with E-state index in [1.165, 1.54) is 12.1 Å². The maximum Gasteiger partial charge on any atom is 0.263 e. The van der Waals surface area contributed by atoms with Crippen molar-refractivity contribution in [2.45, 2.75) is 4.90 Å². The van der Waals surface area contributed by atoms with Crippen LogP contribution in [0, 0.1) is 11.3 Å². The lowest BCUT2D eigenvalue weighted by Crippen LogP contribution is -2.14. The number of hydrogen-bond donors (Lipinski definition) is 2. The number of anilines is 1. The van der Waals surface area contributed by atoms with Gasteiger partial charge in [-0.05, 0) is 35.7 Å². The summed E-state index contributed by atoms with van der Waals surface area (Å²) in [5.74, 6) is 0. The molecular formula is C15H11N3O2S. The highest BCUT2D eigenvalue weighted by atomic mass is 32.2. The number of benzene rings is 2. The van der Waals surface area contributed by atoms with Crippen molar-refractivity contribution in [3.05, 3.63) is 60.3 Å². The lowest BCUT2D eigenvalue weighted by molar-refractivity contribution is 0.601. The molecule has 5 nitrogen and oxygen atoms in total. The summed E-state index contributed by atoms with van der Waals surface area (Å²) < 4.78 is 27.3. The van der Waals surface area contributed by atoms with E-state index in [0.29, 0.717) is 5.69 Å². The molecule has 6 heteroatoms. The molecule has 1 aromatic heterocycles. The minimum Gasteiger partial charge on any atom is -0.361 e. The molecule has 0 radical (unpaired) electrons. The van der Waals surface area contributed by atoms with Gasteiger partial charge in [-0.3, -0.25) is 4.72 Å². The molecule has 104 valence electrons. The third kappa shape index (κ3) is 2.47. The number of fused-ring (bicyclic) bond motifs is 1. The summed E-state index contributed by atoms with van der Waals surface area (Å²) in [6.07, 6.45) is 1.79. The summed E-state index contributed by atoms with van der Waals surface area (Å²) in [5.41, 5.74) is 1.40. The zero-order valence-corrected chi connectivity index (χ0v) is 11.7. The van der Waals surface area contributed by atoms with Crippen molar-refractivity contribution in [3.63, 3.8) is 0 Å². The normalized spacial score (nSPS) is 11.2. The average molecular weight is 297 g/mol. The van der Waals surface area contributed by atoms with Crippen molar-refractivity contribution >= 4 is 26.6 Å². The molecule has 2 N–H and O–H groups in total. The molecule has 0 atom stereocenters. The van der Waals surface area contributed by atoms with Crippen molar-refractivity contribution in [3.8, 4) is 6.07 Å². The lowest BCUT2D eigenvalue weighted by Gasteiger charge is -2.09. The summed E-state index contributed by atoms with van der Waals surface area (Å²) in [5, 5.41) is 10.0. The lowest BCUT2D eigenvalue weighted by atomic mass is 10.2. The van der Waals surface area contributed by atoms with Gasteiger partial charge in [0.05, 0.1) is 11.3 Å². The van der Waals surface area contributed by atoms with Crippen LogP contribution in [0.3, 0.4) is 0 Å². The first-order chi connectivity index (χ1) is 10.1. The Hall–Kier alpha value is -2.78. The Kier molecular flexibility index (Phi) is 3.12. The molecule has 0 bridgehead atoms. The molecule has 21 heavy (non-hydrogen) atoms. The third-order valence-corrected chi connectivity index (χ3v) is 4.54. The van der Waals surface area contributed by atoms with Gasteiger partial charge in [0.1, 0.15) is 11.0 Å². The van der Waals surface area contributed by atoms with Crippen LogP contribution < -0.4 is 4.72 Å². The highest BCUT2D eigenvalue weighted by Crippen LogP contribution is 2.22. The fraction of sp³-hybridized carbons (Fsp3) is 0. The van der Waals surface area contributed by atoms with E-state index in [0.717, 1.165) is 10.9 Å². The molecule has 0 saturated heterocycles. The van der Waals surface area contributed by atoms with Crippen LogP contribution in [0.25, 0.3) is 10.9 Å². The van der Waals surface area contributed by atoms with Crippen molar-refractivity contribution in [2.24, 2.45) is 0 Å². The van der Waals surface area contributed by atoms with Gasteiger partial charge >= 0.3 is 0 Å². The van der Waals surface area contributed by atoms with Crippen LogP contribution in [0.2, 0.25) is 0 Å². The Bertz CT molecular complexity index is 952. The SMILES string of the molecule is N#Cc1ccccc1S(=O)(=O)Nc1ccc2cc[nH]c2c1. The number of aromatic nitrogens is 1. The highest BCUT2D eigenvalue weighted by Gasteiger charge is 2.18. The maximum atomic E-state index is 12.4. The zero-order chi connectivity index (χ0) is 14.9. The van der Waals surface area contributed by atoms with Crippen LogP contribution in [0.4, 0.5) is 5.69 Å². The quantitative estimate of drug-likeness (QED) is 0.779. The standard InChI is InChI=1S/C15H11N3O2S/c16-10-12-3-1-2-4-15(12)21(19,20)18-13-6-5-11-7-8-17-14(11)9-13/h1-9,17-18H. The molecule has 0 saturated carbocycles. The molecule has 1 heterocycles. The van der Waals surface area contributed by atoms with Gasteiger partial charge in [-0.2, -0.15) is 5.26 Å². The molecule has 0 aliphatic rings. The minimum atomic E-state index is -3.79. The molecule has 3 rings (SSSR count). The summed E-state index contributed by atoms with van der Waals surface area (Å²) >= 11 is 0. The van der Waals surface area contributed by atoms with Crippen LogP contribution in [0.15, 0.2) is 59.6 Å². The fourth-order valence-electron chi connectivity index (χ4n) is 2.11. The van der Waals surface area contributed by atoms with Gasteiger partial charge < -0.3 is 4.98 Å². The number of nitrogens with one attached hydrogen (secondary N) is 2. The minimum absolute atomic E-state index is 0.0286. The van der Waals surface area contributed by atoms with Gasteiger partial charge in [-0.1, -0.05) is 18.2 Å². The molecule has 0 aliphatic heterocycles. The number of hydrogen-bond acceptors (Lipinski definition) is 3. The summed E-state index contributed by atoms with van der Waals surface area (Å²) in [7, 11) is -3.79. The van der Waals surface area contributed by atoms with Gasteiger partial charge in [0.2, 0.25) is 0 Å². The van der Waals surface area contributed by atoms with Crippen molar-refractivity contribution in [1.29, 1.82) is 5.26 Å². The number of rotatable bonds is 3. The second kappa shape index (κ2) is 4.96. The first kappa shape index (κ1) is 13.2. The van der Waals surface area contributed by atoms with Gasteiger partial charge in [-0.25, -0.2) is 8.42 Å². The Morgan fingerprint density at radius 3 is 2.71 bits per heavy atom. The number of nitriles is 1. The number of sulfonamides is 1. The topological polar surface area (TPSA) is 85.8 Å². The van der Waals surface area contributed by atoms with Gasteiger partial charge in [0.25, 0.3) is 10.0 Å². The van der Waals surface area contributed by atoms with Gasteiger partial charge in [-0.15, -0.1) is 0 Å². The van der Waals surface area contributed by atoms with E-state index < -0.39 is 10.0 Å². The van der Waals surface area contributed by atoms with Crippen molar-refractivity contribution in [1.82, 2.24) is 4.98 Å². The predicted molar refractivity (Wildman–Crippen MR) is 80.3 cm³/mol. The molecule has 0 fully saturated rings. The van der Waals surface area contributed by atoms with Crippen LogP contribution in [0.1, 0.15) is 5.56 Å². The van der Waals surface area contributed by atoms with Crippen LogP contribution >= 0.6 is 0 Å². The largest absolute Gasteiger partial charge is 0.361 e. The summed E-state index contributed by atoms with van der Waals surface area (Å²) in [6.45, 7) is 0. The van der Waals surface area contributed by atoms with E-state index in [4.69, 9.17) is 5.26 Å². The predicted octanol–water partition coefficient (Wildman–Crippen LogP) is 2.84. The summed E-state index contributed by atoms with van der Waals surface area (Å²) in [6, 6.07) is 15.1. The molecular weight excluding hydrogens is 286 g/mol. The first-order valence-electron chi connectivity index (χ1n) is 6.19. The van der Waals surface area contributed by atoms with Gasteiger partial charge in [0.15, 0.2) is 0 Å².